The standard InChI is InChI=1S/C39H33NO6S/c41-39(42)35-24-32(45-26-28-11-5-2-6-12-28)25-40(35)47(43,44)33-21-19-30(20-22-33)29-15-17-31(18-16-29)38-34-13-7-8-14-36(34)46-37(38)23-27-9-3-1-4-10-27/h1-22,32,35H,23-26H2,(H,41,42)/t32?,35-/m0/s1. The van der Waals surface area contributed by atoms with E-state index in [1.54, 1.807) is 12.1 Å². The minimum absolute atomic E-state index is 0.0235. The van der Waals surface area contributed by atoms with E-state index in [0.29, 0.717) is 6.42 Å². The molecular weight excluding hydrogens is 610 g/mol. The van der Waals surface area contributed by atoms with Crippen molar-refractivity contribution in [2.45, 2.75) is 36.5 Å². The van der Waals surface area contributed by atoms with Crippen LogP contribution in [0.4, 0.5) is 0 Å². The lowest BCUT2D eigenvalue weighted by molar-refractivity contribution is -0.140. The molecule has 1 aliphatic heterocycles. The monoisotopic (exact) mass is 643 g/mol. The third kappa shape index (κ3) is 6.36. The van der Waals surface area contributed by atoms with Crippen molar-refractivity contribution in [1.29, 1.82) is 0 Å². The van der Waals surface area contributed by atoms with E-state index in [4.69, 9.17) is 9.15 Å². The second kappa shape index (κ2) is 13.0. The van der Waals surface area contributed by atoms with Crippen molar-refractivity contribution >= 4 is 27.0 Å². The summed E-state index contributed by atoms with van der Waals surface area (Å²) in [5.41, 5.74) is 6.80. The molecule has 0 amide bonds. The summed E-state index contributed by atoms with van der Waals surface area (Å²) in [6.45, 7) is 0.259. The summed E-state index contributed by atoms with van der Waals surface area (Å²) in [5, 5.41) is 10.9. The number of rotatable bonds is 10. The molecule has 8 heteroatoms. The Labute approximate surface area is 273 Å². The van der Waals surface area contributed by atoms with Crippen LogP contribution < -0.4 is 0 Å². The van der Waals surface area contributed by atoms with Crippen molar-refractivity contribution in [3.63, 3.8) is 0 Å². The first-order valence-corrected chi connectivity index (χ1v) is 17.0. The average Bonchev–Trinajstić information content (AvgIpc) is 3.71. The summed E-state index contributed by atoms with van der Waals surface area (Å²) < 4.78 is 40.6. The minimum atomic E-state index is -4.07. The van der Waals surface area contributed by atoms with Crippen LogP contribution in [0.15, 0.2) is 143 Å². The number of carboxylic acids is 1. The minimum Gasteiger partial charge on any atom is -0.480 e. The van der Waals surface area contributed by atoms with Crippen LogP contribution >= 0.6 is 0 Å². The highest BCUT2D eigenvalue weighted by Crippen LogP contribution is 2.37. The Morgan fingerprint density at radius 1 is 0.745 bits per heavy atom. The summed E-state index contributed by atoms with van der Waals surface area (Å²) >= 11 is 0. The van der Waals surface area contributed by atoms with Gasteiger partial charge in [-0.3, -0.25) is 4.79 Å². The quantitative estimate of drug-likeness (QED) is 0.164. The lowest BCUT2D eigenvalue weighted by atomic mass is 9.96. The van der Waals surface area contributed by atoms with Gasteiger partial charge in [-0.1, -0.05) is 115 Å². The van der Waals surface area contributed by atoms with Gasteiger partial charge in [-0.2, -0.15) is 4.31 Å². The number of fused-ring (bicyclic) bond motifs is 1. The van der Waals surface area contributed by atoms with Gasteiger partial charge < -0.3 is 14.3 Å². The van der Waals surface area contributed by atoms with Crippen LogP contribution in [0.3, 0.4) is 0 Å². The zero-order valence-corrected chi connectivity index (χ0v) is 26.3. The fraction of sp³-hybridized carbons (Fsp3) is 0.154. The highest BCUT2D eigenvalue weighted by Gasteiger charge is 2.44. The molecule has 2 heterocycles. The number of ether oxygens (including phenoxy) is 1. The molecule has 7 rings (SSSR count). The second-order valence-corrected chi connectivity index (χ2v) is 13.6. The molecule has 1 unspecified atom stereocenters. The summed E-state index contributed by atoms with van der Waals surface area (Å²) in [4.78, 5) is 12.1. The molecule has 0 saturated carbocycles. The van der Waals surface area contributed by atoms with E-state index in [9.17, 15) is 18.3 Å². The summed E-state index contributed by atoms with van der Waals surface area (Å²) in [6.07, 6.45) is 0.233. The van der Waals surface area contributed by atoms with Crippen LogP contribution in [-0.2, 0) is 32.6 Å². The molecule has 0 radical (unpaired) electrons. The van der Waals surface area contributed by atoms with Gasteiger partial charge in [0.25, 0.3) is 0 Å². The number of sulfonamides is 1. The molecule has 0 bridgehead atoms. The first-order valence-electron chi connectivity index (χ1n) is 15.5. The Bertz CT molecular complexity index is 2110. The van der Waals surface area contributed by atoms with Crippen LogP contribution in [0.5, 0.6) is 0 Å². The summed E-state index contributed by atoms with van der Waals surface area (Å²) in [7, 11) is -4.07. The molecule has 1 aliphatic rings. The molecule has 1 fully saturated rings. The number of carbonyl (C=O) groups is 1. The maximum absolute atomic E-state index is 13.7. The van der Waals surface area contributed by atoms with Crippen LogP contribution in [-0.4, -0.2) is 42.5 Å². The molecule has 0 spiro atoms. The SMILES string of the molecule is O=C(O)[C@@H]1CC(OCc2ccccc2)CN1S(=O)(=O)c1ccc(-c2ccc(-c3c(Cc4ccccc4)oc4ccccc34)cc2)cc1. The van der Waals surface area contributed by atoms with Gasteiger partial charge in [-0.05, 0) is 46.0 Å². The van der Waals surface area contributed by atoms with Crippen LogP contribution in [0.25, 0.3) is 33.2 Å². The van der Waals surface area contributed by atoms with E-state index in [0.717, 1.165) is 48.9 Å². The summed E-state index contributed by atoms with van der Waals surface area (Å²) in [5.74, 6) is -0.289. The van der Waals surface area contributed by atoms with E-state index in [-0.39, 0.29) is 24.5 Å². The molecule has 2 atom stereocenters. The lowest BCUT2D eigenvalue weighted by Gasteiger charge is -2.21. The van der Waals surface area contributed by atoms with Crippen molar-refractivity contribution in [1.82, 2.24) is 4.31 Å². The molecule has 1 saturated heterocycles. The topological polar surface area (TPSA) is 97.0 Å². The van der Waals surface area contributed by atoms with Crippen molar-refractivity contribution in [2.24, 2.45) is 0 Å². The van der Waals surface area contributed by atoms with Crippen molar-refractivity contribution in [2.75, 3.05) is 6.54 Å². The number of benzene rings is 5. The predicted octanol–water partition coefficient (Wildman–Crippen LogP) is 7.79. The van der Waals surface area contributed by atoms with E-state index in [2.05, 4.69) is 30.3 Å². The fourth-order valence-electron chi connectivity index (χ4n) is 6.27. The molecule has 1 N–H and O–H groups in total. The molecule has 6 aromatic rings. The van der Waals surface area contributed by atoms with Crippen LogP contribution in [0.2, 0.25) is 0 Å². The zero-order chi connectivity index (χ0) is 32.4. The van der Waals surface area contributed by atoms with Gasteiger partial charge in [-0.15, -0.1) is 0 Å². The Morgan fingerprint density at radius 2 is 1.32 bits per heavy atom. The van der Waals surface area contributed by atoms with Crippen molar-refractivity contribution in [3.05, 3.63) is 150 Å². The predicted molar refractivity (Wildman–Crippen MR) is 181 cm³/mol. The number of carboxylic acid groups (broad SMARTS) is 1. The van der Waals surface area contributed by atoms with Gasteiger partial charge in [0, 0.05) is 30.3 Å². The number of hydrogen-bond acceptors (Lipinski definition) is 5. The molecule has 236 valence electrons. The third-order valence-electron chi connectivity index (χ3n) is 8.67. The van der Waals surface area contributed by atoms with Gasteiger partial charge in [0.15, 0.2) is 0 Å². The normalized spacial score (nSPS) is 16.9. The highest BCUT2D eigenvalue weighted by molar-refractivity contribution is 7.89. The molecule has 5 aromatic carbocycles. The number of aliphatic carboxylic acids is 1. The summed E-state index contributed by atoms with van der Waals surface area (Å²) in [6, 6.07) is 41.3. The van der Waals surface area contributed by atoms with E-state index in [1.807, 2.05) is 78.9 Å². The molecular formula is C39H33NO6S. The van der Waals surface area contributed by atoms with Gasteiger partial charge in [0.1, 0.15) is 17.4 Å². The van der Waals surface area contributed by atoms with E-state index in [1.165, 1.54) is 17.7 Å². The highest BCUT2D eigenvalue weighted by atomic mass is 32.2. The first kappa shape index (κ1) is 30.6. The van der Waals surface area contributed by atoms with Gasteiger partial charge in [0.05, 0.1) is 17.6 Å². The van der Waals surface area contributed by atoms with Crippen LogP contribution in [0, 0.1) is 0 Å². The Kier molecular flexibility index (Phi) is 8.47. The van der Waals surface area contributed by atoms with Crippen LogP contribution in [0.1, 0.15) is 23.3 Å². The molecule has 7 nitrogen and oxygen atoms in total. The fourth-order valence-corrected chi connectivity index (χ4v) is 7.89. The Morgan fingerprint density at radius 3 is 1.98 bits per heavy atom. The van der Waals surface area contributed by atoms with Crippen molar-refractivity contribution in [3.8, 4) is 22.3 Å². The Hall–Kier alpha value is -5.02. The molecule has 0 aliphatic carbocycles. The Balaban J connectivity index is 1.10. The number of para-hydroxylation sites is 1. The average molecular weight is 644 g/mol. The number of furan rings is 1. The van der Waals surface area contributed by atoms with Gasteiger partial charge >= 0.3 is 5.97 Å². The number of hydrogen-bond donors (Lipinski definition) is 1. The van der Waals surface area contributed by atoms with Gasteiger partial charge in [-0.25, -0.2) is 8.42 Å². The van der Waals surface area contributed by atoms with Crippen molar-refractivity contribution < 1.29 is 27.5 Å². The van der Waals surface area contributed by atoms with E-state index >= 15 is 0 Å². The first-order chi connectivity index (χ1) is 22.9. The molecule has 47 heavy (non-hydrogen) atoms. The third-order valence-corrected chi connectivity index (χ3v) is 10.6. The lowest BCUT2D eigenvalue weighted by Crippen LogP contribution is -2.40. The van der Waals surface area contributed by atoms with E-state index < -0.39 is 28.1 Å². The smallest absolute Gasteiger partial charge is 0.322 e. The molecule has 1 aromatic heterocycles. The zero-order valence-electron chi connectivity index (χ0n) is 25.5. The second-order valence-electron chi connectivity index (χ2n) is 11.7. The largest absolute Gasteiger partial charge is 0.480 e. The number of nitrogens with zero attached hydrogens (tertiary/aromatic N) is 1. The maximum atomic E-state index is 13.7. The maximum Gasteiger partial charge on any atom is 0.322 e. The van der Waals surface area contributed by atoms with Gasteiger partial charge in [0.2, 0.25) is 10.0 Å².